The van der Waals surface area contributed by atoms with Gasteiger partial charge in [0.15, 0.2) is 0 Å². The van der Waals surface area contributed by atoms with Gasteiger partial charge in [-0.25, -0.2) is 4.79 Å². The van der Waals surface area contributed by atoms with Crippen molar-refractivity contribution >= 4 is 25.4 Å². The third kappa shape index (κ3) is 8.73. The first kappa shape index (κ1) is 20.5. The van der Waals surface area contributed by atoms with E-state index in [9.17, 15) is 19.3 Å². The quantitative estimate of drug-likeness (QED) is 0.136. The van der Waals surface area contributed by atoms with E-state index in [-0.39, 0.29) is 19.4 Å². The highest BCUT2D eigenvalue weighted by Gasteiger charge is 2.22. The number of nitrogens with one attached hydrogen (secondary N) is 1. The summed E-state index contributed by atoms with van der Waals surface area (Å²) in [5, 5.41) is 22.5. The van der Waals surface area contributed by atoms with E-state index in [1.165, 1.54) is 0 Å². The van der Waals surface area contributed by atoms with Gasteiger partial charge >= 0.3 is 13.6 Å². The summed E-state index contributed by atoms with van der Waals surface area (Å²) in [5.74, 6) is -3.84. The molecule has 0 aromatic heterocycles. The van der Waals surface area contributed by atoms with E-state index < -0.39 is 37.2 Å². The summed E-state index contributed by atoms with van der Waals surface area (Å²) in [6.07, 6.45) is 0.676. The fourth-order valence-corrected chi connectivity index (χ4v) is 1.76. The standard InChI is InChI=1S/C11H22N3O7P/c1-7(22(19,20)21)13-9(15)5-3-2-4-8(11(17)18)14-10(16)6-12/h7-8H,2-6,12H2,1H3,(H,13,15)(H,14,16)(H,17,18)(H2,19,20,21)/p-1/t7-,8-/m0/s1. The Balaban J connectivity index is 4.23. The molecular formula is C11H21N3O7P-. The maximum absolute atomic E-state index is 11.4. The van der Waals surface area contributed by atoms with Crippen molar-refractivity contribution in [3.63, 3.8) is 0 Å². The smallest absolute Gasteiger partial charge is 0.349 e. The number of hydrogen-bond acceptors (Lipinski definition) is 6. The second-order valence-electron chi connectivity index (χ2n) is 4.65. The van der Waals surface area contributed by atoms with E-state index in [1.54, 1.807) is 0 Å². The molecule has 0 aliphatic heterocycles. The predicted octanol–water partition coefficient (Wildman–Crippen LogP) is -1.64. The molecule has 0 bridgehead atoms. The van der Waals surface area contributed by atoms with Crippen molar-refractivity contribution in [2.45, 2.75) is 44.4 Å². The first-order chi connectivity index (χ1) is 10.1. The van der Waals surface area contributed by atoms with E-state index in [2.05, 4.69) is 10.3 Å². The molecule has 0 fully saturated rings. The zero-order chi connectivity index (χ0) is 17.3. The van der Waals surface area contributed by atoms with Gasteiger partial charge in [-0.2, -0.15) is 0 Å². The lowest BCUT2D eigenvalue weighted by molar-refractivity contribution is -0.219. The summed E-state index contributed by atoms with van der Waals surface area (Å²) in [6, 6.07) is -1.09. The van der Waals surface area contributed by atoms with Crippen LogP contribution in [0.1, 0.15) is 32.6 Å². The minimum atomic E-state index is -4.42. The number of rotatable bonds is 10. The first-order valence-corrected chi connectivity index (χ1v) is 8.27. The first-order valence-electron chi connectivity index (χ1n) is 6.59. The van der Waals surface area contributed by atoms with Crippen LogP contribution in [0.5, 0.6) is 0 Å². The van der Waals surface area contributed by atoms with E-state index in [0.717, 1.165) is 6.92 Å². The topological polar surface area (TPSA) is 185 Å². The van der Waals surface area contributed by atoms with Crippen LogP contribution in [0, 0.1) is 0 Å². The highest BCUT2D eigenvalue weighted by molar-refractivity contribution is 7.52. The number of nitrogens with zero attached hydrogens (tertiary/aromatic N) is 1. The van der Waals surface area contributed by atoms with Gasteiger partial charge in [0, 0.05) is 0 Å². The Hall–Kier alpha value is -1.48. The van der Waals surface area contributed by atoms with Crippen molar-refractivity contribution < 1.29 is 34.2 Å². The largest absolute Gasteiger partial charge is 0.862 e. The van der Waals surface area contributed by atoms with Gasteiger partial charge in [-0.1, -0.05) is 6.42 Å². The summed E-state index contributed by atoms with van der Waals surface area (Å²) in [6.45, 7) is 0.822. The fourth-order valence-electron chi connectivity index (χ4n) is 1.48. The van der Waals surface area contributed by atoms with Gasteiger partial charge in [-0.3, -0.25) is 14.4 Å². The molecule has 2 atom stereocenters. The Labute approximate surface area is 127 Å². The molecule has 0 rings (SSSR count). The van der Waals surface area contributed by atoms with Gasteiger partial charge in [0.05, 0.1) is 6.54 Å². The van der Waals surface area contributed by atoms with Crippen LogP contribution in [0.2, 0.25) is 0 Å². The Morgan fingerprint density at radius 2 is 1.95 bits per heavy atom. The highest BCUT2D eigenvalue weighted by Crippen LogP contribution is 2.41. The molecule has 0 saturated carbocycles. The van der Waals surface area contributed by atoms with Gasteiger partial charge in [-0.15, -0.1) is 0 Å². The van der Waals surface area contributed by atoms with Gasteiger partial charge < -0.3 is 31.1 Å². The minimum absolute atomic E-state index is 0.0541. The molecular weight excluding hydrogens is 317 g/mol. The zero-order valence-corrected chi connectivity index (χ0v) is 13.0. The van der Waals surface area contributed by atoms with E-state index >= 15 is 0 Å². The number of carbonyl (C=O) groups is 2. The Kier molecular flexibility index (Phi) is 8.88. The van der Waals surface area contributed by atoms with Crippen LogP contribution in [-0.4, -0.2) is 51.0 Å². The number of hydrogen-bond donors (Lipinski definition) is 5. The third-order valence-electron chi connectivity index (χ3n) is 2.77. The summed E-state index contributed by atoms with van der Waals surface area (Å²) in [7, 11) is -4.42. The summed E-state index contributed by atoms with van der Waals surface area (Å²) >= 11 is 0. The zero-order valence-electron chi connectivity index (χ0n) is 12.1. The number of amides is 1. The molecule has 0 aliphatic rings. The number of aliphatic imine (C=N–C) groups is 1. The van der Waals surface area contributed by atoms with Gasteiger partial charge in [0.2, 0.25) is 5.91 Å². The van der Waals surface area contributed by atoms with E-state index in [1.807, 2.05) is 0 Å². The normalized spacial score (nSPS) is 15.2. The van der Waals surface area contributed by atoms with Crippen LogP contribution in [0.3, 0.4) is 0 Å². The molecule has 0 radical (unpaired) electrons. The average Bonchev–Trinajstić information content (AvgIpc) is 2.40. The molecule has 0 spiro atoms. The predicted molar refractivity (Wildman–Crippen MR) is 76.0 cm³/mol. The minimum Gasteiger partial charge on any atom is -0.862 e. The second-order valence-corrected chi connectivity index (χ2v) is 6.58. The third-order valence-corrected chi connectivity index (χ3v) is 3.86. The van der Waals surface area contributed by atoms with Crippen molar-refractivity contribution in [2.75, 3.05) is 6.54 Å². The molecule has 10 nitrogen and oxygen atoms in total. The molecule has 0 aromatic carbocycles. The van der Waals surface area contributed by atoms with Gasteiger partial charge in [0.25, 0.3) is 0 Å². The van der Waals surface area contributed by atoms with Crippen LogP contribution in [0.15, 0.2) is 4.99 Å². The molecule has 0 saturated heterocycles. The van der Waals surface area contributed by atoms with Crippen LogP contribution >= 0.6 is 7.60 Å². The van der Waals surface area contributed by atoms with Crippen molar-refractivity contribution in [2.24, 2.45) is 10.7 Å². The van der Waals surface area contributed by atoms with Crippen molar-refractivity contribution in [3.05, 3.63) is 0 Å². The van der Waals surface area contributed by atoms with Crippen molar-refractivity contribution in [1.29, 1.82) is 0 Å². The lowest BCUT2D eigenvalue weighted by atomic mass is 10.1. The lowest BCUT2D eigenvalue weighted by Gasteiger charge is -2.16. The van der Waals surface area contributed by atoms with Crippen LogP contribution in [0.25, 0.3) is 0 Å². The molecule has 0 heterocycles. The maximum atomic E-state index is 11.4. The van der Waals surface area contributed by atoms with E-state index in [4.69, 9.17) is 20.6 Å². The van der Waals surface area contributed by atoms with Crippen LogP contribution in [0.4, 0.5) is 0 Å². The number of aliphatic carboxylic acids is 1. The van der Waals surface area contributed by atoms with Crippen molar-refractivity contribution in [1.82, 2.24) is 5.32 Å². The summed E-state index contributed by atoms with van der Waals surface area (Å²) in [4.78, 5) is 42.9. The maximum Gasteiger partial charge on any atom is 0.349 e. The number of carboxylic acid groups (broad SMARTS) is 1. The van der Waals surface area contributed by atoms with E-state index in [0.29, 0.717) is 12.8 Å². The molecule has 6 N–H and O–H groups in total. The SMILES string of the molecule is C[C@@H](N=C([O-])CCCC[C@H](NC(=O)CN)C(=O)O)P(=O)(O)O. The Morgan fingerprint density at radius 3 is 2.41 bits per heavy atom. The van der Waals surface area contributed by atoms with Crippen LogP contribution < -0.4 is 16.2 Å². The fraction of sp³-hybridized carbons (Fsp3) is 0.727. The second kappa shape index (κ2) is 9.52. The van der Waals surface area contributed by atoms with Gasteiger partial charge in [0.1, 0.15) is 11.8 Å². The molecule has 128 valence electrons. The monoisotopic (exact) mass is 338 g/mol. The Bertz CT molecular complexity index is 463. The average molecular weight is 338 g/mol. The molecule has 0 aromatic rings. The molecule has 1 amide bonds. The summed E-state index contributed by atoms with van der Waals surface area (Å²) < 4.78 is 10.8. The number of unbranched alkanes of at least 4 members (excludes halogenated alkanes) is 1. The highest BCUT2D eigenvalue weighted by atomic mass is 31.2. The number of carboxylic acids is 1. The summed E-state index contributed by atoms with van der Waals surface area (Å²) in [5.41, 5.74) is 5.07. The molecule has 11 heteroatoms. The molecule has 22 heavy (non-hydrogen) atoms. The molecule has 0 aliphatic carbocycles. The van der Waals surface area contributed by atoms with Gasteiger partial charge in [-0.05, 0) is 32.1 Å². The molecule has 0 unspecified atom stereocenters. The number of nitrogens with two attached hydrogens (primary N) is 1. The Morgan fingerprint density at radius 1 is 1.36 bits per heavy atom. The van der Waals surface area contributed by atoms with Crippen LogP contribution in [-0.2, 0) is 14.2 Å². The number of carbonyl (C=O) groups excluding carboxylic acids is 1. The lowest BCUT2D eigenvalue weighted by Crippen LogP contribution is -2.43. The van der Waals surface area contributed by atoms with Crippen molar-refractivity contribution in [3.8, 4) is 0 Å².